The number of benzene rings is 1. The van der Waals surface area contributed by atoms with Crippen molar-refractivity contribution in [2.45, 2.75) is 12.3 Å². The topological polar surface area (TPSA) is 70.5 Å². The summed E-state index contributed by atoms with van der Waals surface area (Å²) >= 11 is 0. The molecule has 0 spiro atoms. The van der Waals surface area contributed by atoms with Gasteiger partial charge < -0.3 is 20.9 Å². The van der Waals surface area contributed by atoms with E-state index in [1.165, 1.54) is 6.07 Å². The van der Waals surface area contributed by atoms with E-state index >= 15 is 0 Å². The lowest BCUT2D eigenvalue weighted by Gasteiger charge is -2.11. The monoisotopic (exact) mass is 216 g/mol. The SMILES string of the molecule is NCC(N)c1cccc2c1OC(F)(F)O2. The maximum absolute atomic E-state index is 12.8. The van der Waals surface area contributed by atoms with Crippen LogP contribution >= 0.6 is 0 Å². The van der Waals surface area contributed by atoms with Crippen LogP contribution in [0.1, 0.15) is 11.6 Å². The van der Waals surface area contributed by atoms with Crippen LogP contribution in [0, 0.1) is 0 Å². The highest BCUT2D eigenvalue weighted by Gasteiger charge is 2.44. The smallest absolute Gasteiger partial charge is 0.395 e. The van der Waals surface area contributed by atoms with Crippen LogP contribution in [-0.2, 0) is 0 Å². The minimum atomic E-state index is -3.62. The number of hydrogen-bond acceptors (Lipinski definition) is 4. The second-order valence-electron chi connectivity index (χ2n) is 3.18. The fourth-order valence-electron chi connectivity index (χ4n) is 1.41. The Hall–Kier alpha value is -1.40. The van der Waals surface area contributed by atoms with Gasteiger partial charge >= 0.3 is 6.29 Å². The first-order valence-corrected chi connectivity index (χ1v) is 4.38. The molecule has 0 radical (unpaired) electrons. The van der Waals surface area contributed by atoms with Crippen LogP contribution in [0.25, 0.3) is 0 Å². The fourth-order valence-corrected chi connectivity index (χ4v) is 1.41. The lowest BCUT2D eigenvalue weighted by molar-refractivity contribution is -0.287. The van der Waals surface area contributed by atoms with Crippen molar-refractivity contribution in [3.05, 3.63) is 23.8 Å². The van der Waals surface area contributed by atoms with E-state index in [0.717, 1.165) is 0 Å². The van der Waals surface area contributed by atoms with E-state index in [-0.39, 0.29) is 18.0 Å². The Morgan fingerprint density at radius 3 is 2.73 bits per heavy atom. The first-order valence-electron chi connectivity index (χ1n) is 4.38. The molecule has 82 valence electrons. The van der Waals surface area contributed by atoms with Crippen LogP contribution in [0.3, 0.4) is 0 Å². The lowest BCUT2D eigenvalue weighted by atomic mass is 10.1. The molecule has 0 saturated carbocycles. The highest BCUT2D eigenvalue weighted by molar-refractivity contribution is 5.50. The molecule has 0 aromatic heterocycles. The quantitative estimate of drug-likeness (QED) is 0.772. The summed E-state index contributed by atoms with van der Waals surface area (Å²) in [5.74, 6) is -0.0400. The molecular weight excluding hydrogens is 206 g/mol. The predicted molar refractivity (Wildman–Crippen MR) is 48.6 cm³/mol. The fraction of sp³-hybridized carbons (Fsp3) is 0.333. The average molecular weight is 216 g/mol. The van der Waals surface area contributed by atoms with Gasteiger partial charge in [-0.1, -0.05) is 12.1 Å². The van der Waals surface area contributed by atoms with Crippen molar-refractivity contribution in [1.29, 1.82) is 0 Å². The van der Waals surface area contributed by atoms with Crippen molar-refractivity contribution in [1.82, 2.24) is 0 Å². The molecule has 1 aromatic carbocycles. The third kappa shape index (κ3) is 1.73. The van der Waals surface area contributed by atoms with Gasteiger partial charge in [-0.2, -0.15) is 0 Å². The molecule has 0 bridgehead atoms. The Bertz CT molecular complexity index is 384. The molecular formula is C9H10F2N2O2. The van der Waals surface area contributed by atoms with E-state index in [2.05, 4.69) is 9.47 Å². The third-order valence-corrected chi connectivity index (χ3v) is 2.11. The van der Waals surface area contributed by atoms with Gasteiger partial charge in [0.2, 0.25) is 0 Å². The molecule has 1 unspecified atom stereocenters. The number of rotatable bonds is 2. The highest BCUT2D eigenvalue weighted by Crippen LogP contribution is 2.44. The van der Waals surface area contributed by atoms with E-state index in [1.807, 2.05) is 0 Å². The summed E-state index contributed by atoms with van der Waals surface area (Å²) < 4.78 is 34.2. The Morgan fingerprint density at radius 2 is 2.07 bits per heavy atom. The highest BCUT2D eigenvalue weighted by atomic mass is 19.3. The predicted octanol–water partition coefficient (Wildman–Crippen LogP) is 0.967. The van der Waals surface area contributed by atoms with Gasteiger partial charge in [-0.15, -0.1) is 8.78 Å². The normalized spacial score (nSPS) is 18.9. The summed E-state index contributed by atoms with van der Waals surface area (Å²) in [4.78, 5) is 0. The van der Waals surface area contributed by atoms with Crippen molar-refractivity contribution < 1.29 is 18.3 Å². The van der Waals surface area contributed by atoms with Crippen LogP contribution in [0.2, 0.25) is 0 Å². The minimum Gasteiger partial charge on any atom is -0.395 e. The Morgan fingerprint density at radius 1 is 1.33 bits per heavy atom. The zero-order chi connectivity index (χ0) is 11.1. The number of para-hydroxylation sites is 1. The van der Waals surface area contributed by atoms with E-state index in [9.17, 15) is 8.78 Å². The second-order valence-corrected chi connectivity index (χ2v) is 3.18. The maximum Gasteiger partial charge on any atom is 0.586 e. The van der Waals surface area contributed by atoms with Crippen molar-refractivity contribution in [3.63, 3.8) is 0 Å². The van der Waals surface area contributed by atoms with E-state index in [4.69, 9.17) is 11.5 Å². The number of hydrogen-bond donors (Lipinski definition) is 2. The summed E-state index contributed by atoms with van der Waals surface area (Å²) in [6, 6.07) is 4.00. The van der Waals surface area contributed by atoms with Gasteiger partial charge in [-0.25, -0.2) is 0 Å². The molecule has 1 atom stereocenters. The summed E-state index contributed by atoms with van der Waals surface area (Å²) in [6.45, 7) is 0.144. The first kappa shape index (κ1) is 10.1. The Balaban J connectivity index is 2.41. The van der Waals surface area contributed by atoms with E-state index < -0.39 is 12.3 Å². The summed E-state index contributed by atoms with van der Waals surface area (Å²) in [6.07, 6.45) is -3.62. The van der Waals surface area contributed by atoms with Gasteiger partial charge in [-0.05, 0) is 6.07 Å². The van der Waals surface area contributed by atoms with Crippen LogP contribution in [0.15, 0.2) is 18.2 Å². The minimum absolute atomic E-state index is 0.0126. The third-order valence-electron chi connectivity index (χ3n) is 2.11. The molecule has 1 aromatic rings. The molecule has 1 aliphatic heterocycles. The molecule has 1 aliphatic rings. The number of fused-ring (bicyclic) bond motifs is 1. The van der Waals surface area contributed by atoms with Gasteiger partial charge in [0.1, 0.15) is 0 Å². The van der Waals surface area contributed by atoms with Gasteiger partial charge in [-0.3, -0.25) is 0 Å². The largest absolute Gasteiger partial charge is 0.586 e. The molecule has 0 amide bonds. The molecule has 1 heterocycles. The first-order chi connectivity index (χ1) is 7.03. The van der Waals surface area contributed by atoms with Crippen LogP contribution in [0.5, 0.6) is 11.5 Å². The van der Waals surface area contributed by atoms with Crippen molar-refractivity contribution >= 4 is 0 Å². The van der Waals surface area contributed by atoms with Crippen molar-refractivity contribution in [2.24, 2.45) is 11.5 Å². The van der Waals surface area contributed by atoms with Gasteiger partial charge in [0.05, 0.1) is 0 Å². The zero-order valence-corrected chi connectivity index (χ0v) is 7.74. The second kappa shape index (κ2) is 3.32. The molecule has 15 heavy (non-hydrogen) atoms. The molecule has 4 N–H and O–H groups in total. The van der Waals surface area contributed by atoms with Crippen molar-refractivity contribution in [2.75, 3.05) is 6.54 Å². The summed E-state index contributed by atoms with van der Waals surface area (Å²) in [5.41, 5.74) is 11.4. The van der Waals surface area contributed by atoms with E-state index in [1.54, 1.807) is 12.1 Å². The summed E-state index contributed by atoms with van der Waals surface area (Å²) in [7, 11) is 0. The number of halogens is 2. The maximum atomic E-state index is 12.8. The Labute approximate surface area is 84.8 Å². The number of ether oxygens (including phenoxy) is 2. The zero-order valence-electron chi connectivity index (χ0n) is 7.74. The van der Waals surface area contributed by atoms with Crippen LogP contribution < -0.4 is 20.9 Å². The summed E-state index contributed by atoms with van der Waals surface area (Å²) in [5, 5.41) is 0. The lowest BCUT2D eigenvalue weighted by Crippen LogP contribution is -2.27. The number of nitrogens with two attached hydrogens (primary N) is 2. The van der Waals surface area contributed by atoms with Crippen molar-refractivity contribution in [3.8, 4) is 11.5 Å². The number of alkyl halides is 2. The molecule has 6 heteroatoms. The van der Waals surface area contributed by atoms with E-state index in [0.29, 0.717) is 5.56 Å². The molecule has 0 aliphatic carbocycles. The molecule has 2 rings (SSSR count). The van der Waals surface area contributed by atoms with Crippen LogP contribution in [0.4, 0.5) is 8.78 Å². The van der Waals surface area contributed by atoms with Crippen LogP contribution in [-0.4, -0.2) is 12.8 Å². The van der Waals surface area contributed by atoms with Gasteiger partial charge in [0.15, 0.2) is 11.5 Å². The molecule has 4 nitrogen and oxygen atoms in total. The molecule has 0 fully saturated rings. The standard InChI is InChI=1S/C9H10F2N2O2/c10-9(11)14-7-3-1-2-5(6(13)4-12)8(7)15-9/h1-3,6H,4,12-13H2. The van der Waals surface area contributed by atoms with Gasteiger partial charge in [0.25, 0.3) is 0 Å². The van der Waals surface area contributed by atoms with Gasteiger partial charge in [0, 0.05) is 18.2 Å². The average Bonchev–Trinajstić information content (AvgIpc) is 2.49. The Kier molecular flexibility index (Phi) is 2.24. The molecule has 0 saturated heterocycles.